The second kappa shape index (κ2) is 6.88. The lowest BCUT2D eigenvalue weighted by atomic mass is 10.0. The van der Waals surface area contributed by atoms with Crippen molar-refractivity contribution < 1.29 is 0 Å². The van der Waals surface area contributed by atoms with E-state index in [4.69, 9.17) is 0 Å². The average molecular weight is 255 g/mol. The Labute approximate surface area is 114 Å². The van der Waals surface area contributed by atoms with Crippen LogP contribution in [-0.2, 0) is 0 Å². The molecule has 1 aliphatic rings. The number of rotatable bonds is 6. The highest BCUT2D eigenvalue weighted by Gasteiger charge is 2.23. The van der Waals surface area contributed by atoms with Gasteiger partial charge in [-0.25, -0.2) is 0 Å². The molecular weight excluding hydrogens is 222 g/mol. The molecule has 1 aliphatic heterocycles. The summed E-state index contributed by atoms with van der Waals surface area (Å²) in [5.41, 5.74) is 0.272. The van der Waals surface area contributed by atoms with Crippen molar-refractivity contribution in [3.8, 4) is 0 Å². The summed E-state index contributed by atoms with van der Waals surface area (Å²) < 4.78 is 0. The van der Waals surface area contributed by atoms with E-state index in [1.54, 1.807) is 0 Å². The summed E-state index contributed by atoms with van der Waals surface area (Å²) in [6, 6.07) is 1.34. The van der Waals surface area contributed by atoms with Gasteiger partial charge in [-0.1, -0.05) is 6.92 Å². The Morgan fingerprint density at radius 2 is 1.50 bits per heavy atom. The number of hydrogen-bond donors (Lipinski definition) is 1. The molecule has 1 saturated heterocycles. The molecule has 108 valence electrons. The maximum atomic E-state index is 3.68. The van der Waals surface area contributed by atoms with E-state index in [0.717, 1.165) is 6.54 Å². The normalized spacial score (nSPS) is 21.5. The molecule has 3 nitrogen and oxygen atoms in total. The van der Waals surface area contributed by atoms with Crippen molar-refractivity contribution >= 4 is 0 Å². The predicted molar refractivity (Wildman–Crippen MR) is 80.1 cm³/mol. The molecule has 1 rings (SSSR count). The number of nitrogens with zero attached hydrogens (tertiary/aromatic N) is 2. The van der Waals surface area contributed by atoms with Gasteiger partial charge in [-0.05, 0) is 41.0 Å². The van der Waals surface area contributed by atoms with E-state index in [2.05, 4.69) is 56.7 Å². The topological polar surface area (TPSA) is 18.5 Å². The minimum Gasteiger partial charge on any atom is -0.310 e. The van der Waals surface area contributed by atoms with Crippen LogP contribution in [0.5, 0.6) is 0 Å². The molecule has 1 atom stereocenters. The molecule has 0 aromatic heterocycles. The zero-order chi connectivity index (χ0) is 13.8. The van der Waals surface area contributed by atoms with E-state index in [1.165, 1.54) is 32.6 Å². The molecule has 18 heavy (non-hydrogen) atoms. The van der Waals surface area contributed by atoms with Gasteiger partial charge in [0.2, 0.25) is 0 Å². The van der Waals surface area contributed by atoms with Crippen LogP contribution in [0.1, 0.15) is 48.0 Å². The highest BCUT2D eigenvalue weighted by Crippen LogP contribution is 2.11. The third-order valence-electron chi connectivity index (χ3n) is 4.46. The molecular formula is C15H33N3. The van der Waals surface area contributed by atoms with Gasteiger partial charge in [0, 0.05) is 50.3 Å². The summed E-state index contributed by atoms with van der Waals surface area (Å²) in [5, 5.41) is 3.68. The minimum atomic E-state index is 0.272. The first-order valence-electron chi connectivity index (χ1n) is 7.59. The van der Waals surface area contributed by atoms with Crippen LogP contribution in [0.15, 0.2) is 0 Å². The lowest BCUT2D eigenvalue weighted by Gasteiger charge is -2.40. The Balaban J connectivity index is 2.30. The van der Waals surface area contributed by atoms with Crippen LogP contribution in [0.3, 0.4) is 0 Å². The lowest BCUT2D eigenvalue weighted by molar-refractivity contribution is 0.0805. The fraction of sp³-hybridized carbons (Fsp3) is 1.00. The molecule has 0 radical (unpaired) electrons. The molecule has 0 aliphatic carbocycles. The van der Waals surface area contributed by atoms with Gasteiger partial charge in [-0.15, -0.1) is 0 Å². The SMILES string of the molecule is CCC(C)(C)NCC(C)N1CCN(C(C)C)CC1. The van der Waals surface area contributed by atoms with Gasteiger partial charge in [0.25, 0.3) is 0 Å². The maximum absolute atomic E-state index is 3.68. The van der Waals surface area contributed by atoms with Crippen molar-refractivity contribution in [3.05, 3.63) is 0 Å². The van der Waals surface area contributed by atoms with Crippen LogP contribution in [0.2, 0.25) is 0 Å². The second-order valence-corrected chi connectivity index (χ2v) is 6.63. The molecule has 1 unspecified atom stereocenters. The summed E-state index contributed by atoms with van der Waals surface area (Å²) in [6.07, 6.45) is 1.18. The Morgan fingerprint density at radius 1 is 1.00 bits per heavy atom. The van der Waals surface area contributed by atoms with Gasteiger partial charge >= 0.3 is 0 Å². The van der Waals surface area contributed by atoms with Gasteiger partial charge in [-0.2, -0.15) is 0 Å². The van der Waals surface area contributed by atoms with Crippen LogP contribution < -0.4 is 5.32 Å². The summed E-state index contributed by atoms with van der Waals surface area (Å²) in [7, 11) is 0. The van der Waals surface area contributed by atoms with Gasteiger partial charge < -0.3 is 5.32 Å². The molecule has 1 N–H and O–H groups in total. The molecule has 0 aromatic rings. The zero-order valence-electron chi connectivity index (χ0n) is 13.3. The average Bonchev–Trinajstić information content (AvgIpc) is 2.36. The van der Waals surface area contributed by atoms with Gasteiger partial charge in [0.1, 0.15) is 0 Å². The predicted octanol–water partition coefficient (Wildman–Crippen LogP) is 2.18. The maximum Gasteiger partial charge on any atom is 0.0193 e. The molecule has 0 bridgehead atoms. The van der Waals surface area contributed by atoms with Crippen molar-refractivity contribution in [2.75, 3.05) is 32.7 Å². The summed E-state index contributed by atoms with van der Waals surface area (Å²) >= 11 is 0. The first-order chi connectivity index (χ1) is 8.35. The summed E-state index contributed by atoms with van der Waals surface area (Å²) in [6.45, 7) is 19.7. The van der Waals surface area contributed by atoms with Crippen molar-refractivity contribution in [2.24, 2.45) is 0 Å². The van der Waals surface area contributed by atoms with Crippen LogP contribution in [0.25, 0.3) is 0 Å². The van der Waals surface area contributed by atoms with Gasteiger partial charge in [0.05, 0.1) is 0 Å². The van der Waals surface area contributed by atoms with E-state index >= 15 is 0 Å². The number of piperazine rings is 1. The van der Waals surface area contributed by atoms with E-state index in [9.17, 15) is 0 Å². The molecule has 0 spiro atoms. The number of nitrogens with one attached hydrogen (secondary N) is 1. The third kappa shape index (κ3) is 4.87. The lowest BCUT2D eigenvalue weighted by Crippen LogP contribution is -2.54. The van der Waals surface area contributed by atoms with Crippen molar-refractivity contribution in [1.82, 2.24) is 15.1 Å². The van der Waals surface area contributed by atoms with Crippen LogP contribution in [0, 0.1) is 0 Å². The van der Waals surface area contributed by atoms with Crippen molar-refractivity contribution in [1.29, 1.82) is 0 Å². The highest BCUT2D eigenvalue weighted by atomic mass is 15.3. The van der Waals surface area contributed by atoms with Crippen molar-refractivity contribution in [3.63, 3.8) is 0 Å². The Bertz CT molecular complexity index is 230. The van der Waals surface area contributed by atoms with E-state index in [-0.39, 0.29) is 5.54 Å². The zero-order valence-corrected chi connectivity index (χ0v) is 13.3. The first kappa shape index (κ1) is 15.9. The first-order valence-corrected chi connectivity index (χ1v) is 7.59. The third-order valence-corrected chi connectivity index (χ3v) is 4.46. The fourth-order valence-electron chi connectivity index (χ4n) is 2.37. The summed E-state index contributed by atoms with van der Waals surface area (Å²) in [5.74, 6) is 0. The Hall–Kier alpha value is -0.120. The largest absolute Gasteiger partial charge is 0.310 e. The van der Waals surface area contributed by atoms with E-state index in [0.29, 0.717) is 12.1 Å². The molecule has 1 fully saturated rings. The molecule has 0 saturated carbocycles. The van der Waals surface area contributed by atoms with E-state index in [1.807, 2.05) is 0 Å². The fourth-order valence-corrected chi connectivity index (χ4v) is 2.37. The molecule has 0 amide bonds. The van der Waals surface area contributed by atoms with Gasteiger partial charge in [0.15, 0.2) is 0 Å². The van der Waals surface area contributed by atoms with Crippen LogP contribution >= 0.6 is 0 Å². The minimum absolute atomic E-state index is 0.272. The monoisotopic (exact) mass is 255 g/mol. The smallest absolute Gasteiger partial charge is 0.0193 e. The molecule has 0 aromatic carbocycles. The Kier molecular flexibility index (Phi) is 6.09. The van der Waals surface area contributed by atoms with E-state index < -0.39 is 0 Å². The molecule has 3 heteroatoms. The standard InChI is InChI=1S/C15H33N3/c1-7-15(5,6)16-12-14(4)18-10-8-17(9-11-18)13(2)3/h13-14,16H,7-12H2,1-6H3. The van der Waals surface area contributed by atoms with Crippen LogP contribution in [0.4, 0.5) is 0 Å². The second-order valence-electron chi connectivity index (χ2n) is 6.63. The van der Waals surface area contributed by atoms with Crippen LogP contribution in [-0.4, -0.2) is 60.1 Å². The summed E-state index contributed by atoms with van der Waals surface area (Å²) in [4.78, 5) is 5.20. The number of hydrogen-bond acceptors (Lipinski definition) is 3. The molecule has 1 heterocycles. The highest BCUT2D eigenvalue weighted by molar-refractivity contribution is 4.82. The Morgan fingerprint density at radius 3 is 1.94 bits per heavy atom. The quantitative estimate of drug-likeness (QED) is 0.785. The van der Waals surface area contributed by atoms with Crippen molar-refractivity contribution in [2.45, 2.75) is 65.6 Å². The van der Waals surface area contributed by atoms with Gasteiger partial charge in [-0.3, -0.25) is 9.80 Å².